The van der Waals surface area contributed by atoms with Gasteiger partial charge in [0.25, 0.3) is 0 Å². The normalized spacial score (nSPS) is 11.4. The third-order valence-electron chi connectivity index (χ3n) is 2.86. The first-order valence-electron chi connectivity index (χ1n) is 5.71. The molecule has 1 aromatic heterocycles. The molecule has 4 heteroatoms. The van der Waals surface area contributed by atoms with Crippen LogP contribution in [0.1, 0.15) is 19.4 Å². The minimum absolute atomic E-state index is 0.494. The van der Waals surface area contributed by atoms with Crippen molar-refractivity contribution in [2.45, 2.75) is 20.3 Å². The molecule has 0 spiro atoms. The van der Waals surface area contributed by atoms with Gasteiger partial charge in [-0.15, -0.1) is 0 Å². The fourth-order valence-electron chi connectivity index (χ4n) is 1.72. The highest BCUT2D eigenvalue weighted by Crippen LogP contribution is 2.24. The number of carbonyl (C=O) groups is 1. The summed E-state index contributed by atoms with van der Waals surface area (Å²) in [5.74, 6) is -0.224. The van der Waals surface area contributed by atoms with E-state index in [4.69, 9.17) is 9.52 Å². The van der Waals surface area contributed by atoms with E-state index in [0.29, 0.717) is 12.3 Å². The summed E-state index contributed by atoms with van der Waals surface area (Å²) in [6.07, 6.45) is 3.61. The van der Waals surface area contributed by atoms with Crippen LogP contribution in [0, 0.1) is 5.41 Å². The Morgan fingerprint density at radius 1 is 1.33 bits per heavy atom. The molecular formula is C14H15NO3. The van der Waals surface area contributed by atoms with Crippen LogP contribution in [0.25, 0.3) is 11.5 Å². The molecule has 94 valence electrons. The van der Waals surface area contributed by atoms with Crippen LogP contribution in [-0.2, 0) is 11.2 Å². The Kier molecular flexibility index (Phi) is 3.19. The predicted octanol–water partition coefficient (Wildman–Crippen LogP) is 2.99. The van der Waals surface area contributed by atoms with Crippen molar-refractivity contribution in [2.75, 3.05) is 0 Å². The number of hydrogen-bond acceptors (Lipinski definition) is 3. The Hall–Kier alpha value is -2.10. The largest absolute Gasteiger partial charge is 0.481 e. The molecule has 4 nitrogen and oxygen atoms in total. The molecule has 1 heterocycles. The van der Waals surface area contributed by atoms with Crippen molar-refractivity contribution in [1.82, 2.24) is 4.98 Å². The summed E-state index contributed by atoms with van der Waals surface area (Å²) >= 11 is 0. The summed E-state index contributed by atoms with van der Waals surface area (Å²) in [6, 6.07) is 7.59. The average Bonchev–Trinajstić information content (AvgIpc) is 2.83. The average molecular weight is 245 g/mol. The Bertz CT molecular complexity index is 527. The Morgan fingerprint density at radius 2 is 2.00 bits per heavy atom. The maximum absolute atomic E-state index is 11.1. The fraction of sp³-hybridized carbons (Fsp3) is 0.286. The molecule has 2 rings (SSSR count). The zero-order valence-corrected chi connectivity index (χ0v) is 10.4. The molecule has 0 aliphatic carbocycles. The number of nitrogens with zero attached hydrogens (tertiary/aromatic N) is 1. The lowest BCUT2D eigenvalue weighted by Gasteiger charge is -2.18. The summed E-state index contributed by atoms with van der Waals surface area (Å²) in [5, 5.41) is 9.08. The van der Waals surface area contributed by atoms with Gasteiger partial charge in [0.15, 0.2) is 0 Å². The standard InChI is InChI=1S/C14H15NO3/c1-14(2,13(16)17)9-10-3-5-11(6-4-10)12-15-7-8-18-12/h3-8H,9H2,1-2H3,(H,16,17). The zero-order valence-electron chi connectivity index (χ0n) is 10.4. The van der Waals surface area contributed by atoms with Crippen LogP contribution in [0.4, 0.5) is 0 Å². The molecule has 1 N–H and O–H groups in total. The maximum Gasteiger partial charge on any atom is 0.309 e. The van der Waals surface area contributed by atoms with Crippen LogP contribution >= 0.6 is 0 Å². The third-order valence-corrected chi connectivity index (χ3v) is 2.86. The van der Waals surface area contributed by atoms with Gasteiger partial charge in [-0.05, 0) is 38.0 Å². The predicted molar refractivity (Wildman–Crippen MR) is 67.1 cm³/mol. The topological polar surface area (TPSA) is 63.3 Å². The van der Waals surface area contributed by atoms with Gasteiger partial charge >= 0.3 is 5.97 Å². The van der Waals surface area contributed by atoms with Crippen molar-refractivity contribution in [3.63, 3.8) is 0 Å². The molecule has 0 aliphatic heterocycles. The van der Waals surface area contributed by atoms with Gasteiger partial charge in [-0.3, -0.25) is 4.79 Å². The number of oxazole rings is 1. The Labute approximate surface area is 105 Å². The lowest BCUT2D eigenvalue weighted by atomic mass is 9.86. The first-order chi connectivity index (χ1) is 8.49. The van der Waals surface area contributed by atoms with Crippen molar-refractivity contribution in [3.05, 3.63) is 42.3 Å². The van der Waals surface area contributed by atoms with Crippen molar-refractivity contribution < 1.29 is 14.3 Å². The smallest absolute Gasteiger partial charge is 0.309 e. The van der Waals surface area contributed by atoms with E-state index < -0.39 is 11.4 Å². The van der Waals surface area contributed by atoms with Gasteiger partial charge in [0.2, 0.25) is 5.89 Å². The fourth-order valence-corrected chi connectivity index (χ4v) is 1.72. The zero-order chi connectivity index (χ0) is 13.2. The third kappa shape index (κ3) is 2.59. The molecule has 0 aliphatic rings. The number of aromatic nitrogens is 1. The molecule has 0 unspecified atom stereocenters. The summed E-state index contributed by atoms with van der Waals surface area (Å²) in [6.45, 7) is 3.44. The van der Waals surface area contributed by atoms with Crippen molar-refractivity contribution in [3.8, 4) is 11.5 Å². The van der Waals surface area contributed by atoms with Gasteiger partial charge < -0.3 is 9.52 Å². The highest BCUT2D eigenvalue weighted by atomic mass is 16.4. The van der Waals surface area contributed by atoms with Crippen LogP contribution < -0.4 is 0 Å². The molecule has 0 bridgehead atoms. The minimum atomic E-state index is -0.792. The number of carboxylic acids is 1. The highest BCUT2D eigenvalue weighted by Gasteiger charge is 2.27. The number of aliphatic carboxylic acids is 1. The summed E-state index contributed by atoms with van der Waals surface area (Å²) in [4.78, 5) is 15.1. The van der Waals surface area contributed by atoms with Crippen LogP contribution in [0.2, 0.25) is 0 Å². The van der Waals surface area contributed by atoms with Crippen molar-refractivity contribution in [1.29, 1.82) is 0 Å². The van der Waals surface area contributed by atoms with Crippen LogP contribution in [-0.4, -0.2) is 16.1 Å². The van der Waals surface area contributed by atoms with E-state index in [2.05, 4.69) is 4.98 Å². The summed E-state index contributed by atoms with van der Waals surface area (Å²) in [7, 11) is 0. The monoisotopic (exact) mass is 245 g/mol. The first-order valence-corrected chi connectivity index (χ1v) is 5.71. The van der Waals surface area contributed by atoms with E-state index in [9.17, 15) is 4.79 Å². The van der Waals surface area contributed by atoms with Crippen LogP contribution in [0.15, 0.2) is 41.1 Å². The van der Waals surface area contributed by atoms with E-state index in [0.717, 1.165) is 11.1 Å². The van der Waals surface area contributed by atoms with Crippen molar-refractivity contribution >= 4 is 5.97 Å². The number of carboxylic acid groups (broad SMARTS) is 1. The summed E-state index contributed by atoms with van der Waals surface area (Å²) < 4.78 is 5.19. The quantitative estimate of drug-likeness (QED) is 0.899. The molecule has 0 atom stereocenters. The lowest BCUT2D eigenvalue weighted by Crippen LogP contribution is -2.26. The molecule has 0 radical (unpaired) electrons. The van der Waals surface area contributed by atoms with Gasteiger partial charge in [-0.25, -0.2) is 4.98 Å². The summed E-state index contributed by atoms with van der Waals surface area (Å²) in [5.41, 5.74) is 1.11. The van der Waals surface area contributed by atoms with E-state index in [-0.39, 0.29) is 0 Å². The highest BCUT2D eigenvalue weighted by molar-refractivity contribution is 5.74. The van der Waals surface area contributed by atoms with Crippen LogP contribution in [0.3, 0.4) is 0 Å². The molecule has 1 aromatic carbocycles. The van der Waals surface area contributed by atoms with Gasteiger partial charge in [-0.2, -0.15) is 0 Å². The number of benzene rings is 1. The van der Waals surface area contributed by atoms with Crippen molar-refractivity contribution in [2.24, 2.45) is 5.41 Å². The molecule has 0 saturated heterocycles. The van der Waals surface area contributed by atoms with Crippen LogP contribution in [0.5, 0.6) is 0 Å². The molecule has 0 fully saturated rings. The molecule has 18 heavy (non-hydrogen) atoms. The number of rotatable bonds is 4. The van der Waals surface area contributed by atoms with E-state index in [1.807, 2.05) is 24.3 Å². The van der Waals surface area contributed by atoms with Gasteiger partial charge in [0.1, 0.15) is 6.26 Å². The SMILES string of the molecule is CC(C)(Cc1ccc(-c2ncco2)cc1)C(=O)O. The second kappa shape index (κ2) is 4.64. The second-order valence-electron chi connectivity index (χ2n) is 4.90. The van der Waals surface area contributed by atoms with E-state index in [1.165, 1.54) is 6.26 Å². The van der Waals surface area contributed by atoms with E-state index in [1.54, 1.807) is 20.0 Å². The van der Waals surface area contributed by atoms with E-state index >= 15 is 0 Å². The van der Waals surface area contributed by atoms with Gasteiger partial charge in [0.05, 0.1) is 11.6 Å². The molecular weight excluding hydrogens is 230 g/mol. The molecule has 0 amide bonds. The molecule has 0 saturated carbocycles. The first kappa shape index (κ1) is 12.4. The second-order valence-corrected chi connectivity index (χ2v) is 4.90. The Morgan fingerprint density at radius 3 is 2.50 bits per heavy atom. The number of hydrogen-bond donors (Lipinski definition) is 1. The molecule has 2 aromatic rings. The maximum atomic E-state index is 11.1. The Balaban J connectivity index is 2.16. The lowest BCUT2D eigenvalue weighted by molar-refractivity contribution is -0.146. The van der Waals surface area contributed by atoms with Gasteiger partial charge in [0, 0.05) is 5.56 Å². The minimum Gasteiger partial charge on any atom is -0.481 e. The van der Waals surface area contributed by atoms with Gasteiger partial charge in [-0.1, -0.05) is 12.1 Å².